The van der Waals surface area contributed by atoms with Crippen molar-refractivity contribution in [3.8, 4) is 17.6 Å². The first-order valence-corrected chi connectivity index (χ1v) is 6.19. The smallest absolute Gasteiger partial charge is 0.146 e. The Hall–Kier alpha value is -1.83. The minimum atomic E-state index is 0.459. The van der Waals surface area contributed by atoms with Gasteiger partial charge in [0.05, 0.1) is 0 Å². The van der Waals surface area contributed by atoms with Crippen LogP contribution in [0.15, 0.2) is 46.9 Å². The summed E-state index contributed by atoms with van der Waals surface area (Å²) < 4.78 is 6.44. The maximum atomic E-state index is 9.10. The molecule has 2 aromatic rings. The summed E-state index contributed by atoms with van der Waals surface area (Å²) in [5.74, 6) is 1.20. The van der Waals surface area contributed by atoms with Crippen molar-refractivity contribution in [2.75, 3.05) is 0 Å². The lowest BCUT2D eigenvalue weighted by Gasteiger charge is -2.09. The van der Waals surface area contributed by atoms with Gasteiger partial charge in [0.2, 0.25) is 0 Å². The van der Waals surface area contributed by atoms with Crippen LogP contribution in [-0.2, 0) is 6.54 Å². The van der Waals surface area contributed by atoms with Crippen molar-refractivity contribution < 1.29 is 4.74 Å². The molecule has 0 aromatic heterocycles. The summed E-state index contributed by atoms with van der Waals surface area (Å²) >= 11 is 3.33. The number of nitrogens with zero attached hydrogens (tertiary/aromatic N) is 1. The van der Waals surface area contributed by atoms with E-state index < -0.39 is 0 Å². The summed E-state index contributed by atoms with van der Waals surface area (Å²) in [6.45, 7) is 0.459. The van der Waals surface area contributed by atoms with E-state index in [1.54, 1.807) is 6.07 Å². The molecular formula is C14H11BrN2O. The minimum Gasteiger partial charge on any atom is -0.456 e. The van der Waals surface area contributed by atoms with Crippen molar-refractivity contribution in [3.05, 3.63) is 58.1 Å². The molecule has 0 heterocycles. The first-order valence-electron chi connectivity index (χ1n) is 5.40. The van der Waals surface area contributed by atoms with E-state index in [9.17, 15) is 0 Å². The summed E-state index contributed by atoms with van der Waals surface area (Å²) in [7, 11) is 0. The van der Waals surface area contributed by atoms with E-state index in [2.05, 4.69) is 22.0 Å². The maximum Gasteiger partial charge on any atom is 0.146 e. The lowest BCUT2D eigenvalue weighted by atomic mass is 10.2. The summed E-state index contributed by atoms with van der Waals surface area (Å²) in [5, 5.41) is 9.10. The molecule has 90 valence electrons. The predicted molar refractivity (Wildman–Crippen MR) is 73.3 cm³/mol. The van der Waals surface area contributed by atoms with Crippen LogP contribution in [0.4, 0.5) is 0 Å². The molecule has 0 aliphatic heterocycles. The van der Waals surface area contributed by atoms with Crippen LogP contribution in [-0.4, -0.2) is 0 Å². The third-order valence-electron chi connectivity index (χ3n) is 2.45. The Morgan fingerprint density at radius 1 is 1.22 bits per heavy atom. The van der Waals surface area contributed by atoms with E-state index >= 15 is 0 Å². The highest BCUT2D eigenvalue weighted by molar-refractivity contribution is 9.10. The molecule has 0 saturated carbocycles. The van der Waals surface area contributed by atoms with Crippen LogP contribution < -0.4 is 10.5 Å². The standard InChI is InChI=1S/C14H11BrN2O/c15-13-5-2-6-14(12(13)9-17)18-11-4-1-3-10(7-11)8-16/h1-7H,8,16H2. The number of halogens is 1. The number of ether oxygens (including phenoxy) is 1. The number of hydrogen-bond donors (Lipinski definition) is 1. The van der Waals surface area contributed by atoms with Gasteiger partial charge < -0.3 is 10.5 Å². The molecule has 0 spiro atoms. The molecule has 0 aliphatic rings. The zero-order valence-electron chi connectivity index (χ0n) is 9.56. The summed E-state index contributed by atoms with van der Waals surface area (Å²) in [6, 6.07) is 15.0. The van der Waals surface area contributed by atoms with Gasteiger partial charge in [-0.25, -0.2) is 0 Å². The second kappa shape index (κ2) is 5.67. The minimum absolute atomic E-state index is 0.459. The van der Waals surface area contributed by atoms with Crippen molar-refractivity contribution in [1.29, 1.82) is 5.26 Å². The van der Waals surface area contributed by atoms with Gasteiger partial charge in [-0.05, 0) is 45.8 Å². The Bertz CT molecular complexity index is 605. The molecule has 0 atom stereocenters. The van der Waals surface area contributed by atoms with Crippen LogP contribution in [0.2, 0.25) is 0 Å². The van der Waals surface area contributed by atoms with Gasteiger partial charge in [-0.3, -0.25) is 0 Å². The normalized spacial score (nSPS) is 9.83. The molecule has 3 nitrogen and oxygen atoms in total. The van der Waals surface area contributed by atoms with Gasteiger partial charge in [0, 0.05) is 11.0 Å². The molecule has 0 unspecified atom stereocenters. The van der Waals surface area contributed by atoms with Crippen LogP contribution in [0.1, 0.15) is 11.1 Å². The van der Waals surface area contributed by atoms with E-state index in [0.29, 0.717) is 23.6 Å². The molecule has 0 radical (unpaired) electrons. The van der Waals surface area contributed by atoms with Gasteiger partial charge in [0.15, 0.2) is 0 Å². The molecule has 0 saturated heterocycles. The zero-order valence-corrected chi connectivity index (χ0v) is 11.1. The lowest BCUT2D eigenvalue weighted by Crippen LogP contribution is -1.96. The number of nitrogens with two attached hydrogens (primary N) is 1. The third-order valence-corrected chi connectivity index (χ3v) is 3.11. The van der Waals surface area contributed by atoms with Gasteiger partial charge in [0.25, 0.3) is 0 Å². The van der Waals surface area contributed by atoms with Crippen molar-refractivity contribution in [2.45, 2.75) is 6.54 Å². The lowest BCUT2D eigenvalue weighted by molar-refractivity contribution is 0.480. The Morgan fingerprint density at radius 3 is 2.72 bits per heavy atom. The predicted octanol–water partition coefficient (Wildman–Crippen LogP) is 3.57. The quantitative estimate of drug-likeness (QED) is 0.943. The molecule has 18 heavy (non-hydrogen) atoms. The SMILES string of the molecule is N#Cc1c(Br)cccc1Oc1cccc(CN)c1. The van der Waals surface area contributed by atoms with E-state index in [-0.39, 0.29) is 0 Å². The summed E-state index contributed by atoms with van der Waals surface area (Å²) in [4.78, 5) is 0. The Kier molecular flexibility index (Phi) is 3.98. The van der Waals surface area contributed by atoms with Gasteiger partial charge in [-0.1, -0.05) is 18.2 Å². The molecule has 4 heteroatoms. The second-order valence-corrected chi connectivity index (χ2v) is 4.53. The van der Waals surface area contributed by atoms with Crippen LogP contribution in [0.5, 0.6) is 11.5 Å². The summed E-state index contributed by atoms with van der Waals surface area (Å²) in [5.41, 5.74) is 7.05. The van der Waals surface area contributed by atoms with Crippen LogP contribution in [0, 0.1) is 11.3 Å². The van der Waals surface area contributed by atoms with E-state index in [1.165, 1.54) is 0 Å². The first-order chi connectivity index (χ1) is 8.74. The van der Waals surface area contributed by atoms with Gasteiger partial charge >= 0.3 is 0 Å². The number of hydrogen-bond acceptors (Lipinski definition) is 3. The van der Waals surface area contributed by atoms with Gasteiger partial charge in [0.1, 0.15) is 23.1 Å². The molecule has 2 aromatic carbocycles. The fourth-order valence-corrected chi connectivity index (χ4v) is 2.00. The number of rotatable bonds is 3. The van der Waals surface area contributed by atoms with Crippen molar-refractivity contribution in [3.63, 3.8) is 0 Å². The molecule has 2 rings (SSSR count). The van der Waals surface area contributed by atoms with Gasteiger partial charge in [-0.15, -0.1) is 0 Å². The average Bonchev–Trinajstić information content (AvgIpc) is 2.39. The Morgan fingerprint density at radius 2 is 2.00 bits per heavy atom. The number of benzene rings is 2. The van der Waals surface area contributed by atoms with Crippen molar-refractivity contribution in [2.24, 2.45) is 5.73 Å². The Labute approximate surface area is 114 Å². The molecule has 0 amide bonds. The fraction of sp³-hybridized carbons (Fsp3) is 0.0714. The van der Waals surface area contributed by atoms with E-state index in [0.717, 1.165) is 10.0 Å². The highest BCUT2D eigenvalue weighted by Crippen LogP contribution is 2.30. The molecule has 0 fully saturated rings. The molecule has 0 aliphatic carbocycles. The van der Waals surface area contributed by atoms with Crippen LogP contribution in [0.3, 0.4) is 0 Å². The first kappa shape index (κ1) is 12.6. The van der Waals surface area contributed by atoms with Crippen LogP contribution >= 0.6 is 15.9 Å². The fourth-order valence-electron chi connectivity index (χ4n) is 1.56. The molecular weight excluding hydrogens is 292 g/mol. The topological polar surface area (TPSA) is 59.0 Å². The summed E-state index contributed by atoms with van der Waals surface area (Å²) in [6.07, 6.45) is 0. The molecule has 2 N–H and O–H groups in total. The molecule has 0 bridgehead atoms. The van der Waals surface area contributed by atoms with Gasteiger partial charge in [-0.2, -0.15) is 5.26 Å². The second-order valence-electron chi connectivity index (χ2n) is 3.68. The highest BCUT2D eigenvalue weighted by atomic mass is 79.9. The highest BCUT2D eigenvalue weighted by Gasteiger charge is 2.08. The van der Waals surface area contributed by atoms with E-state index in [4.69, 9.17) is 15.7 Å². The number of nitriles is 1. The maximum absolute atomic E-state index is 9.10. The average molecular weight is 303 g/mol. The van der Waals surface area contributed by atoms with Crippen molar-refractivity contribution >= 4 is 15.9 Å². The van der Waals surface area contributed by atoms with Crippen molar-refractivity contribution in [1.82, 2.24) is 0 Å². The van der Waals surface area contributed by atoms with E-state index in [1.807, 2.05) is 36.4 Å². The largest absolute Gasteiger partial charge is 0.456 e. The van der Waals surface area contributed by atoms with Crippen LogP contribution in [0.25, 0.3) is 0 Å². The zero-order chi connectivity index (χ0) is 13.0. The monoisotopic (exact) mass is 302 g/mol. The Balaban J connectivity index is 2.34. The third kappa shape index (κ3) is 2.70.